The first-order valence-electron chi connectivity index (χ1n) is 10.3. The van der Waals surface area contributed by atoms with E-state index < -0.39 is 5.91 Å². The van der Waals surface area contributed by atoms with Crippen molar-refractivity contribution in [3.8, 4) is 11.8 Å². The number of halogens is 1. The van der Waals surface area contributed by atoms with Gasteiger partial charge in [-0.3, -0.25) is 4.79 Å². The summed E-state index contributed by atoms with van der Waals surface area (Å²) in [6, 6.07) is 19.6. The summed E-state index contributed by atoms with van der Waals surface area (Å²) in [5.74, 6) is 0.256. The molecular weight excluding hydrogens is 464 g/mol. The molecule has 0 bridgehead atoms. The van der Waals surface area contributed by atoms with Crippen LogP contribution in [0.3, 0.4) is 0 Å². The molecule has 3 aromatic rings. The molecule has 162 valence electrons. The molecule has 1 N–H and O–H groups in total. The molecule has 32 heavy (non-hydrogen) atoms. The van der Waals surface area contributed by atoms with Gasteiger partial charge in [-0.25, -0.2) is 0 Å². The maximum atomic E-state index is 12.6. The molecule has 0 unspecified atom stereocenters. The monoisotopic (exact) mass is 488 g/mol. The Morgan fingerprint density at radius 1 is 1.00 bits per heavy atom. The van der Waals surface area contributed by atoms with Crippen LogP contribution in [0.4, 0.5) is 5.69 Å². The zero-order chi connectivity index (χ0) is 23.3. The highest BCUT2D eigenvalue weighted by molar-refractivity contribution is 9.10. The Morgan fingerprint density at radius 3 is 2.44 bits per heavy atom. The fraction of sp³-hybridized carbons (Fsp3) is 0.185. The summed E-state index contributed by atoms with van der Waals surface area (Å²) in [4.78, 5) is 12.6. The molecule has 0 aromatic heterocycles. The average Bonchev–Trinajstić information content (AvgIpc) is 2.76. The predicted octanol–water partition coefficient (Wildman–Crippen LogP) is 6.81. The molecule has 3 aromatic carbocycles. The highest BCUT2D eigenvalue weighted by Gasteiger charge is 2.12. The van der Waals surface area contributed by atoms with Crippen LogP contribution in [-0.4, -0.2) is 5.91 Å². The number of carbonyl (C=O) groups excluding carboxylic acids is 1. The number of anilines is 1. The maximum Gasteiger partial charge on any atom is 0.266 e. The van der Waals surface area contributed by atoms with Gasteiger partial charge in [0, 0.05) is 5.69 Å². The first-order valence-corrected chi connectivity index (χ1v) is 11.0. The van der Waals surface area contributed by atoms with Gasteiger partial charge in [0.25, 0.3) is 5.91 Å². The molecule has 0 radical (unpaired) electrons. The Bertz CT molecular complexity index is 1240. The molecular formula is C27H25BrN2O2. The van der Waals surface area contributed by atoms with Crippen LogP contribution in [0.5, 0.6) is 5.75 Å². The van der Waals surface area contributed by atoms with Crippen molar-refractivity contribution in [3.63, 3.8) is 0 Å². The zero-order valence-corrected chi connectivity index (χ0v) is 20.2. The molecule has 0 atom stereocenters. The van der Waals surface area contributed by atoms with E-state index in [-0.39, 0.29) is 5.57 Å². The highest BCUT2D eigenvalue weighted by Crippen LogP contribution is 2.28. The number of carbonyl (C=O) groups is 1. The van der Waals surface area contributed by atoms with E-state index in [1.54, 1.807) is 6.08 Å². The van der Waals surface area contributed by atoms with Gasteiger partial charge in [0.1, 0.15) is 24.0 Å². The molecule has 0 heterocycles. The smallest absolute Gasteiger partial charge is 0.266 e. The lowest BCUT2D eigenvalue weighted by atomic mass is 10.1. The van der Waals surface area contributed by atoms with Crippen molar-refractivity contribution >= 4 is 33.6 Å². The second kappa shape index (κ2) is 10.3. The zero-order valence-electron chi connectivity index (χ0n) is 18.6. The first-order chi connectivity index (χ1) is 15.3. The maximum absolute atomic E-state index is 12.6. The Hall–Kier alpha value is -3.36. The van der Waals surface area contributed by atoms with E-state index >= 15 is 0 Å². The molecule has 0 saturated carbocycles. The second-order valence-corrected chi connectivity index (χ2v) is 8.69. The molecule has 5 heteroatoms. The van der Waals surface area contributed by atoms with Crippen molar-refractivity contribution in [3.05, 3.63) is 98.0 Å². The molecule has 0 aliphatic carbocycles. The lowest BCUT2D eigenvalue weighted by molar-refractivity contribution is -0.112. The largest absolute Gasteiger partial charge is 0.488 e. The molecule has 3 rings (SSSR count). The number of nitrogens with zero attached hydrogens (tertiary/aromatic N) is 1. The average molecular weight is 489 g/mol. The summed E-state index contributed by atoms with van der Waals surface area (Å²) in [6.07, 6.45) is 1.57. The van der Waals surface area contributed by atoms with Crippen molar-refractivity contribution < 1.29 is 9.53 Å². The van der Waals surface area contributed by atoms with E-state index in [2.05, 4.69) is 53.3 Å². The SMILES string of the molecule is Cc1ccc(C)c(NC(=O)/C(C#N)=C/c2ccc(OCc3ccc(C)c(C)c3)c(Br)c2)c1. The second-order valence-electron chi connectivity index (χ2n) is 7.84. The number of nitriles is 1. The van der Waals surface area contributed by atoms with Gasteiger partial charge in [0.05, 0.1) is 4.47 Å². The number of benzene rings is 3. The quantitative estimate of drug-likeness (QED) is 0.306. The normalized spacial score (nSPS) is 11.1. The van der Waals surface area contributed by atoms with E-state index in [1.807, 2.05) is 56.3 Å². The molecule has 4 nitrogen and oxygen atoms in total. The third kappa shape index (κ3) is 5.87. The van der Waals surface area contributed by atoms with Gasteiger partial charge in [-0.2, -0.15) is 5.26 Å². The van der Waals surface area contributed by atoms with E-state index in [1.165, 1.54) is 11.1 Å². The van der Waals surface area contributed by atoms with Crippen LogP contribution < -0.4 is 10.1 Å². The van der Waals surface area contributed by atoms with Crippen molar-refractivity contribution in [2.24, 2.45) is 0 Å². The molecule has 1 amide bonds. The molecule has 0 aliphatic rings. The van der Waals surface area contributed by atoms with Crippen LogP contribution in [0.2, 0.25) is 0 Å². The van der Waals surface area contributed by atoms with Crippen LogP contribution in [0, 0.1) is 39.0 Å². The van der Waals surface area contributed by atoms with Gasteiger partial charge in [0.15, 0.2) is 0 Å². The van der Waals surface area contributed by atoms with Gasteiger partial charge in [-0.1, -0.05) is 36.4 Å². The molecule has 0 saturated heterocycles. The van der Waals surface area contributed by atoms with Crippen molar-refractivity contribution in [1.82, 2.24) is 0 Å². The lowest BCUT2D eigenvalue weighted by Crippen LogP contribution is -2.14. The number of hydrogen-bond donors (Lipinski definition) is 1. The van der Waals surface area contributed by atoms with E-state index in [9.17, 15) is 10.1 Å². The fourth-order valence-electron chi connectivity index (χ4n) is 3.15. The Labute approximate surface area is 197 Å². The number of aryl methyl sites for hydroxylation is 4. The number of ether oxygens (including phenoxy) is 1. The van der Waals surface area contributed by atoms with Gasteiger partial charge >= 0.3 is 0 Å². The minimum absolute atomic E-state index is 0.0293. The van der Waals surface area contributed by atoms with Gasteiger partial charge in [0.2, 0.25) is 0 Å². The topological polar surface area (TPSA) is 62.1 Å². The minimum atomic E-state index is -0.438. The highest BCUT2D eigenvalue weighted by atomic mass is 79.9. The van der Waals surface area contributed by atoms with Crippen molar-refractivity contribution in [1.29, 1.82) is 5.26 Å². The minimum Gasteiger partial charge on any atom is -0.488 e. The molecule has 0 aliphatic heterocycles. The van der Waals surface area contributed by atoms with Crippen LogP contribution >= 0.6 is 15.9 Å². The third-order valence-corrected chi connectivity index (χ3v) is 5.86. The number of hydrogen-bond acceptors (Lipinski definition) is 3. The summed E-state index contributed by atoms with van der Waals surface area (Å²) < 4.78 is 6.70. The van der Waals surface area contributed by atoms with Crippen molar-refractivity contribution in [2.75, 3.05) is 5.32 Å². The Morgan fingerprint density at radius 2 is 1.75 bits per heavy atom. The van der Waals surface area contributed by atoms with Crippen LogP contribution in [0.25, 0.3) is 6.08 Å². The predicted molar refractivity (Wildman–Crippen MR) is 133 cm³/mol. The van der Waals surface area contributed by atoms with Crippen LogP contribution in [-0.2, 0) is 11.4 Å². The van der Waals surface area contributed by atoms with E-state index in [0.717, 1.165) is 26.7 Å². The summed E-state index contributed by atoms with van der Waals surface area (Å²) >= 11 is 3.53. The van der Waals surface area contributed by atoms with Crippen LogP contribution in [0.1, 0.15) is 33.4 Å². The van der Waals surface area contributed by atoms with Gasteiger partial charge < -0.3 is 10.1 Å². The van der Waals surface area contributed by atoms with Crippen molar-refractivity contribution in [2.45, 2.75) is 34.3 Å². The molecule has 0 fully saturated rings. The number of rotatable bonds is 6. The first kappa shape index (κ1) is 23.3. The van der Waals surface area contributed by atoms with E-state index in [0.29, 0.717) is 18.0 Å². The van der Waals surface area contributed by atoms with Gasteiger partial charge in [-0.15, -0.1) is 0 Å². The summed E-state index contributed by atoms with van der Waals surface area (Å²) in [5, 5.41) is 12.3. The summed E-state index contributed by atoms with van der Waals surface area (Å²) in [6.45, 7) is 8.49. The van der Waals surface area contributed by atoms with E-state index in [4.69, 9.17) is 4.74 Å². The summed E-state index contributed by atoms with van der Waals surface area (Å²) in [5.41, 5.74) is 7.01. The number of nitrogens with one attached hydrogen (secondary N) is 1. The standard InChI is InChI=1S/C27H25BrN2O2/c1-17-5-6-19(3)25(11-17)30-27(31)23(15-29)13-21-9-10-26(24(28)14-21)32-16-22-8-7-18(2)20(4)12-22/h5-14H,16H2,1-4H3,(H,30,31)/b23-13+. The lowest BCUT2D eigenvalue weighted by Gasteiger charge is -2.11. The van der Waals surface area contributed by atoms with Crippen LogP contribution in [0.15, 0.2) is 64.6 Å². The summed E-state index contributed by atoms with van der Waals surface area (Å²) in [7, 11) is 0. The Balaban J connectivity index is 1.73. The number of amides is 1. The van der Waals surface area contributed by atoms with Gasteiger partial charge in [-0.05, 0) is 101 Å². The Kier molecular flexibility index (Phi) is 7.50. The molecule has 0 spiro atoms. The fourth-order valence-corrected chi connectivity index (χ4v) is 3.66. The third-order valence-electron chi connectivity index (χ3n) is 5.24.